The molecule has 2 saturated heterocycles. The summed E-state index contributed by atoms with van der Waals surface area (Å²) in [4.78, 5) is 46.6. The highest BCUT2D eigenvalue weighted by Crippen LogP contribution is 2.58. The lowest BCUT2D eigenvalue weighted by molar-refractivity contribution is -0.157. The maximum absolute atomic E-state index is 14.1. The third-order valence-corrected chi connectivity index (χ3v) is 8.09. The fourth-order valence-electron chi connectivity index (χ4n) is 6.37. The van der Waals surface area contributed by atoms with Crippen LogP contribution in [0.15, 0.2) is 24.3 Å². The zero-order valence-electron chi connectivity index (χ0n) is 20.4. The minimum atomic E-state index is -1.25. The van der Waals surface area contributed by atoms with Gasteiger partial charge in [-0.25, -0.2) is 0 Å². The lowest BCUT2D eigenvalue weighted by Gasteiger charge is -2.41. The molecule has 0 bridgehead atoms. The quantitative estimate of drug-likeness (QED) is 0.606. The zero-order chi connectivity index (χ0) is 24.1. The number of nitrogens with zero attached hydrogens (tertiary/aromatic N) is 3. The molecule has 33 heavy (non-hydrogen) atoms. The largest absolute Gasteiger partial charge is 0.394 e. The first-order chi connectivity index (χ1) is 15.7. The van der Waals surface area contributed by atoms with Crippen LogP contribution in [-0.2, 0) is 19.1 Å². The molecule has 0 saturated carbocycles. The Morgan fingerprint density at radius 1 is 1.03 bits per heavy atom. The molecule has 8 nitrogen and oxygen atoms in total. The number of likely N-dealkylation sites (N-methyl/N-ethyl adjacent to an activating group) is 1. The summed E-state index contributed by atoms with van der Waals surface area (Å²) in [5.74, 6) is -2.16. The number of rotatable bonds is 6. The number of hydrogen-bond acceptors (Lipinski definition) is 5. The minimum absolute atomic E-state index is 0.00223. The van der Waals surface area contributed by atoms with E-state index in [1.807, 2.05) is 43.1 Å². The molecule has 4 rings (SSSR count). The predicted molar refractivity (Wildman–Crippen MR) is 123 cm³/mol. The van der Waals surface area contributed by atoms with E-state index in [2.05, 4.69) is 6.92 Å². The molecule has 4 aliphatic rings. The molecule has 4 heterocycles. The summed E-state index contributed by atoms with van der Waals surface area (Å²) in [6.45, 7) is 8.41. The Bertz CT molecular complexity index is 887. The number of fused-ring (bicyclic) bond motifs is 2. The topological polar surface area (TPSA) is 90.4 Å². The number of likely N-dealkylation sites (tertiary alicyclic amines) is 1. The molecule has 0 aromatic carbocycles. The average molecular weight is 460 g/mol. The highest BCUT2D eigenvalue weighted by molar-refractivity contribution is 6.00. The van der Waals surface area contributed by atoms with Crippen molar-refractivity contribution in [2.45, 2.75) is 76.3 Å². The second kappa shape index (κ2) is 8.55. The molecule has 0 aromatic heterocycles. The van der Waals surface area contributed by atoms with Gasteiger partial charge in [-0.1, -0.05) is 44.6 Å². The molecule has 2 unspecified atom stereocenters. The number of amides is 3. The first-order valence-electron chi connectivity index (χ1n) is 12.2. The van der Waals surface area contributed by atoms with E-state index in [1.54, 1.807) is 18.9 Å². The number of aliphatic hydroxyl groups is 1. The van der Waals surface area contributed by atoms with Crippen molar-refractivity contribution in [3.63, 3.8) is 0 Å². The Hall–Kier alpha value is -2.19. The fraction of sp³-hybridized carbons (Fsp3) is 0.720. The zero-order valence-corrected chi connectivity index (χ0v) is 20.4. The minimum Gasteiger partial charge on any atom is -0.394 e. The van der Waals surface area contributed by atoms with Crippen molar-refractivity contribution in [2.24, 2.45) is 11.8 Å². The van der Waals surface area contributed by atoms with Gasteiger partial charge in [0.2, 0.25) is 17.7 Å². The summed E-state index contributed by atoms with van der Waals surface area (Å²) in [6, 6.07) is -1.49. The van der Waals surface area contributed by atoms with Gasteiger partial charge in [0.05, 0.1) is 30.1 Å². The number of carbonyl (C=O) groups is 3. The van der Waals surface area contributed by atoms with E-state index in [9.17, 15) is 19.5 Å². The maximum Gasteiger partial charge on any atom is 0.249 e. The van der Waals surface area contributed by atoms with Gasteiger partial charge in [-0.15, -0.1) is 0 Å². The molecule has 0 aromatic rings. The van der Waals surface area contributed by atoms with Crippen LogP contribution in [0.5, 0.6) is 0 Å². The van der Waals surface area contributed by atoms with Crippen molar-refractivity contribution in [1.82, 2.24) is 14.7 Å². The van der Waals surface area contributed by atoms with E-state index in [-0.39, 0.29) is 30.4 Å². The first kappa shape index (κ1) is 24.0. The van der Waals surface area contributed by atoms with Crippen molar-refractivity contribution in [3.05, 3.63) is 24.3 Å². The van der Waals surface area contributed by atoms with Gasteiger partial charge in [0, 0.05) is 26.2 Å². The Morgan fingerprint density at radius 3 is 2.36 bits per heavy atom. The Kier molecular flexibility index (Phi) is 6.20. The molecule has 7 atom stereocenters. The number of hydrogen-bond donors (Lipinski definition) is 1. The summed E-state index contributed by atoms with van der Waals surface area (Å²) in [6.07, 6.45) is 9.94. The molecule has 1 N–H and O–H groups in total. The van der Waals surface area contributed by atoms with Gasteiger partial charge in [0.15, 0.2) is 0 Å². The molecular formula is C25H37N3O5. The van der Waals surface area contributed by atoms with E-state index in [1.165, 1.54) is 4.90 Å². The van der Waals surface area contributed by atoms with Crippen LogP contribution in [0, 0.1) is 11.8 Å². The molecule has 0 aliphatic carbocycles. The number of aliphatic hydroxyl groups excluding tert-OH is 1. The Balaban J connectivity index is 1.90. The number of carbonyl (C=O) groups excluding carboxylic acids is 3. The molecule has 4 aliphatic heterocycles. The summed E-state index contributed by atoms with van der Waals surface area (Å²) in [5, 5.41) is 9.98. The summed E-state index contributed by atoms with van der Waals surface area (Å²) >= 11 is 0. The van der Waals surface area contributed by atoms with E-state index in [0.717, 1.165) is 12.8 Å². The number of ether oxygens (including phenoxy) is 1. The van der Waals surface area contributed by atoms with Crippen LogP contribution in [0.4, 0.5) is 0 Å². The third kappa shape index (κ3) is 3.28. The van der Waals surface area contributed by atoms with Crippen molar-refractivity contribution in [2.75, 3.05) is 26.7 Å². The highest BCUT2D eigenvalue weighted by atomic mass is 16.5. The van der Waals surface area contributed by atoms with Crippen LogP contribution in [0.3, 0.4) is 0 Å². The molecular weight excluding hydrogens is 422 g/mol. The van der Waals surface area contributed by atoms with Crippen molar-refractivity contribution >= 4 is 17.7 Å². The molecule has 8 heteroatoms. The van der Waals surface area contributed by atoms with Crippen LogP contribution in [-0.4, -0.2) is 93.6 Å². The standard InChI is InChI=1S/C25H37N3O5/c1-6-10-16(3)27-14-9-12-25-19(22(31)28(17(4)15-29)20(25)23(27)32)18-21(30)26(5)13-8-11-24(18,7-2)33-25/h8-9,11-12,16-20,29H,6-7,10,13-15H2,1-5H3/t16?,17-,18+,19+,20?,24-,25+/m1/s1. The Morgan fingerprint density at radius 2 is 1.73 bits per heavy atom. The molecule has 3 amide bonds. The second-order valence-electron chi connectivity index (χ2n) is 10.1. The summed E-state index contributed by atoms with van der Waals surface area (Å²) < 4.78 is 6.84. The SMILES string of the molecule is CCCC(C)N1CC=C[C@]23O[C@]4(CC)C=CCN(C)C(=O)[C@@H]4[C@H]2C(=O)N([C@H](C)CO)C3C1=O. The molecule has 1 spiro atoms. The predicted octanol–water partition coefficient (Wildman–Crippen LogP) is 1.34. The summed E-state index contributed by atoms with van der Waals surface area (Å²) in [5.41, 5.74) is -2.21. The highest BCUT2D eigenvalue weighted by Gasteiger charge is 2.75. The smallest absolute Gasteiger partial charge is 0.249 e. The van der Waals surface area contributed by atoms with E-state index in [4.69, 9.17) is 4.74 Å². The van der Waals surface area contributed by atoms with Gasteiger partial charge in [0.1, 0.15) is 11.6 Å². The first-order valence-corrected chi connectivity index (χ1v) is 12.2. The Labute approximate surface area is 196 Å². The van der Waals surface area contributed by atoms with E-state index in [0.29, 0.717) is 19.5 Å². The molecule has 182 valence electrons. The van der Waals surface area contributed by atoms with Gasteiger partial charge in [-0.2, -0.15) is 0 Å². The second-order valence-corrected chi connectivity index (χ2v) is 10.1. The van der Waals surface area contributed by atoms with Crippen LogP contribution < -0.4 is 0 Å². The van der Waals surface area contributed by atoms with E-state index < -0.39 is 35.1 Å². The molecule has 2 fully saturated rings. The van der Waals surface area contributed by atoms with Crippen molar-refractivity contribution in [3.8, 4) is 0 Å². The lowest BCUT2D eigenvalue weighted by Crippen LogP contribution is -2.59. The van der Waals surface area contributed by atoms with Crippen molar-refractivity contribution < 1.29 is 24.2 Å². The van der Waals surface area contributed by atoms with Crippen LogP contribution in [0.2, 0.25) is 0 Å². The summed E-state index contributed by atoms with van der Waals surface area (Å²) in [7, 11) is 1.73. The van der Waals surface area contributed by atoms with Crippen LogP contribution in [0.1, 0.15) is 47.0 Å². The van der Waals surface area contributed by atoms with Crippen LogP contribution in [0.25, 0.3) is 0 Å². The van der Waals surface area contributed by atoms with Gasteiger partial charge in [-0.3, -0.25) is 14.4 Å². The van der Waals surface area contributed by atoms with Gasteiger partial charge < -0.3 is 24.5 Å². The monoisotopic (exact) mass is 459 g/mol. The van der Waals surface area contributed by atoms with Crippen LogP contribution >= 0.6 is 0 Å². The van der Waals surface area contributed by atoms with Crippen molar-refractivity contribution in [1.29, 1.82) is 0 Å². The van der Waals surface area contributed by atoms with Gasteiger partial charge >= 0.3 is 0 Å². The third-order valence-electron chi connectivity index (χ3n) is 8.09. The lowest BCUT2D eigenvalue weighted by atomic mass is 9.73. The van der Waals surface area contributed by atoms with Gasteiger partial charge in [-0.05, 0) is 26.7 Å². The normalized spacial score (nSPS) is 37.6. The molecule has 0 radical (unpaired) electrons. The fourth-order valence-corrected chi connectivity index (χ4v) is 6.37. The van der Waals surface area contributed by atoms with Gasteiger partial charge in [0.25, 0.3) is 0 Å². The average Bonchev–Trinajstić information content (AvgIpc) is 3.10. The maximum atomic E-state index is 14.1. The van der Waals surface area contributed by atoms with E-state index >= 15 is 0 Å².